The van der Waals surface area contributed by atoms with E-state index in [-0.39, 0.29) is 24.7 Å². The molecule has 0 bridgehead atoms. The van der Waals surface area contributed by atoms with Crippen LogP contribution in [-0.4, -0.2) is 85.6 Å². The maximum Gasteiger partial charge on any atom is 0.246 e. The average Bonchev–Trinajstić information content (AvgIpc) is 2.77. The van der Waals surface area contributed by atoms with Gasteiger partial charge in [-0.05, 0) is 53.0 Å². The van der Waals surface area contributed by atoms with Crippen LogP contribution in [0.15, 0.2) is 12.0 Å². The van der Waals surface area contributed by atoms with Crippen molar-refractivity contribution >= 4 is 22.5 Å². The van der Waals surface area contributed by atoms with Gasteiger partial charge in [-0.3, -0.25) is 15.0 Å². The summed E-state index contributed by atoms with van der Waals surface area (Å²) in [7, 11) is -0.748. The Morgan fingerprint density at radius 1 is 1.24 bits per heavy atom. The first-order chi connectivity index (χ1) is 15.3. The first-order valence-electron chi connectivity index (χ1n) is 11.5. The second-order valence-corrected chi connectivity index (χ2v) is 11.0. The smallest absolute Gasteiger partial charge is 0.246 e. The van der Waals surface area contributed by atoms with Crippen LogP contribution in [0.4, 0.5) is 0 Å². The summed E-state index contributed by atoms with van der Waals surface area (Å²) < 4.78 is 35.1. The van der Waals surface area contributed by atoms with E-state index in [4.69, 9.17) is 14.9 Å². The van der Waals surface area contributed by atoms with Crippen LogP contribution in [0.2, 0.25) is 0 Å². The van der Waals surface area contributed by atoms with E-state index in [2.05, 4.69) is 5.32 Å². The fourth-order valence-electron chi connectivity index (χ4n) is 3.88. The Morgan fingerprint density at radius 3 is 2.42 bits per heavy atom. The van der Waals surface area contributed by atoms with E-state index >= 15 is 0 Å². The molecule has 33 heavy (non-hydrogen) atoms. The van der Waals surface area contributed by atoms with Gasteiger partial charge in [-0.1, -0.05) is 13.8 Å². The molecule has 0 aromatic heterocycles. The van der Waals surface area contributed by atoms with Crippen molar-refractivity contribution in [3.63, 3.8) is 0 Å². The van der Waals surface area contributed by atoms with Crippen molar-refractivity contribution in [2.45, 2.75) is 77.7 Å². The quantitative estimate of drug-likeness (QED) is 0.209. The average molecular weight is 489 g/mol. The number of ether oxygens (including phenoxy) is 2. The minimum absolute atomic E-state index is 0.0412. The third kappa shape index (κ3) is 7.74. The molecule has 0 saturated carbocycles. The third-order valence-corrected chi connectivity index (χ3v) is 7.54. The third-order valence-electron chi connectivity index (χ3n) is 6.68. The molecule has 1 amide bonds. The van der Waals surface area contributed by atoms with Crippen LogP contribution in [0.25, 0.3) is 0 Å². The molecule has 10 nitrogen and oxygen atoms in total. The summed E-state index contributed by atoms with van der Waals surface area (Å²) in [4.78, 5) is 14.8. The predicted octanol–water partition coefficient (Wildman–Crippen LogP) is 1.79. The van der Waals surface area contributed by atoms with E-state index in [1.807, 2.05) is 25.8 Å². The molecule has 2 rings (SSSR count). The molecule has 0 aliphatic carbocycles. The number of rotatable bonds is 10. The number of aliphatic hydroxyl groups excluding tert-OH is 1. The molecule has 2 aliphatic heterocycles. The molecule has 0 aromatic carbocycles. The number of aliphatic hydroxyl groups is 1. The van der Waals surface area contributed by atoms with Crippen LogP contribution in [0, 0.1) is 10.8 Å². The van der Waals surface area contributed by atoms with Crippen molar-refractivity contribution in [2.24, 2.45) is 5.41 Å². The Kier molecular flexibility index (Phi) is 9.86. The highest BCUT2D eigenvalue weighted by Gasteiger charge is 2.38. The van der Waals surface area contributed by atoms with Crippen LogP contribution in [0.3, 0.4) is 0 Å². The first-order valence-corrected chi connectivity index (χ1v) is 12.6. The summed E-state index contributed by atoms with van der Waals surface area (Å²) >= 11 is 0. The molecule has 0 aromatic rings. The summed E-state index contributed by atoms with van der Waals surface area (Å²) in [6, 6.07) is 0.0412. The van der Waals surface area contributed by atoms with E-state index in [1.165, 1.54) is 10.4 Å². The lowest BCUT2D eigenvalue weighted by atomic mass is 9.88. The highest BCUT2D eigenvalue weighted by molar-refractivity contribution is 7.69. The van der Waals surface area contributed by atoms with E-state index in [0.717, 1.165) is 19.3 Å². The topological polar surface area (TPSA) is 132 Å². The van der Waals surface area contributed by atoms with Crippen LogP contribution in [0.1, 0.15) is 59.8 Å². The molecule has 11 heteroatoms. The molecule has 0 spiro atoms. The van der Waals surface area contributed by atoms with Gasteiger partial charge < -0.3 is 20.0 Å². The fourth-order valence-corrected chi connectivity index (χ4v) is 4.44. The molecule has 2 aliphatic rings. The predicted molar refractivity (Wildman–Crippen MR) is 127 cm³/mol. The highest BCUT2D eigenvalue weighted by atomic mass is 32.2. The first kappa shape index (κ1) is 27.7. The SMILES string of the molecule is CN(C1CCN([SH](=O)=O)CC1)C(C)(C)C(=O)N/C(O)=C/C(=N)C(C)(C)COC1CCCCO1. The molecule has 1 atom stereocenters. The van der Waals surface area contributed by atoms with E-state index < -0.39 is 33.6 Å². The summed E-state index contributed by atoms with van der Waals surface area (Å²) in [6.45, 7) is 8.97. The zero-order chi connectivity index (χ0) is 24.8. The molecule has 0 radical (unpaired) electrons. The van der Waals surface area contributed by atoms with Gasteiger partial charge in [0, 0.05) is 42.9 Å². The van der Waals surface area contributed by atoms with E-state index in [9.17, 15) is 18.3 Å². The largest absolute Gasteiger partial charge is 0.494 e. The Labute approximate surface area is 198 Å². The highest BCUT2D eigenvalue weighted by Crippen LogP contribution is 2.25. The normalized spacial score (nSPS) is 22.0. The summed E-state index contributed by atoms with van der Waals surface area (Å²) in [6.07, 6.45) is 5.14. The van der Waals surface area contributed by atoms with Crippen molar-refractivity contribution in [3.8, 4) is 0 Å². The lowest BCUT2D eigenvalue weighted by Gasteiger charge is -2.42. The Hall–Kier alpha value is -1.53. The molecular formula is C22H40N4O6S. The van der Waals surface area contributed by atoms with Crippen LogP contribution >= 0.6 is 0 Å². The monoisotopic (exact) mass is 488 g/mol. The molecule has 1 unspecified atom stereocenters. The Bertz CT molecular complexity index is 789. The minimum atomic E-state index is -2.58. The van der Waals surface area contributed by atoms with Crippen LogP contribution in [0.5, 0.6) is 0 Å². The second-order valence-electron chi connectivity index (χ2n) is 9.98. The number of piperidine rings is 1. The van der Waals surface area contributed by atoms with Gasteiger partial charge in [-0.25, -0.2) is 12.7 Å². The number of carbonyl (C=O) groups is 1. The number of hydrogen-bond acceptors (Lipinski definition) is 8. The lowest BCUT2D eigenvalue weighted by molar-refractivity contribution is -0.171. The summed E-state index contributed by atoms with van der Waals surface area (Å²) in [5.74, 6) is -0.805. The van der Waals surface area contributed by atoms with Gasteiger partial charge in [0.2, 0.25) is 16.8 Å². The molecule has 190 valence electrons. The number of thiol groups is 1. The van der Waals surface area contributed by atoms with Crippen LogP contribution < -0.4 is 5.32 Å². The number of nitrogens with one attached hydrogen (secondary N) is 2. The minimum Gasteiger partial charge on any atom is -0.494 e. The zero-order valence-electron chi connectivity index (χ0n) is 20.4. The van der Waals surface area contributed by atoms with Crippen molar-refractivity contribution in [1.82, 2.24) is 14.5 Å². The molecule has 3 N–H and O–H groups in total. The van der Waals surface area contributed by atoms with Gasteiger partial charge in [0.15, 0.2) is 12.2 Å². The van der Waals surface area contributed by atoms with Gasteiger partial charge in [0.05, 0.1) is 12.1 Å². The standard InChI is InChI=1S/C22H40N4O6S/c1-21(2,15-32-19-8-6-7-13-31-19)17(23)14-18(27)24-20(28)22(3,4)25(5)16-9-11-26(12-10-16)33(29)30/h14,16,19,23,27,33H,6-13,15H2,1-5H3,(H,24,28)/b18-14-,23-17?. The van der Waals surface area contributed by atoms with E-state index in [1.54, 1.807) is 13.8 Å². The number of nitrogens with zero attached hydrogens (tertiary/aromatic N) is 2. The molecule has 2 heterocycles. The van der Waals surface area contributed by atoms with Gasteiger partial charge in [0.25, 0.3) is 0 Å². The Balaban J connectivity index is 1.91. The lowest BCUT2D eigenvalue weighted by Crippen LogP contribution is -2.58. The maximum atomic E-state index is 12.9. The van der Waals surface area contributed by atoms with Crippen molar-refractivity contribution in [2.75, 3.05) is 33.4 Å². The Morgan fingerprint density at radius 2 is 1.88 bits per heavy atom. The fraction of sp³-hybridized carbons (Fsp3) is 0.818. The number of hydrogen-bond donors (Lipinski definition) is 4. The summed E-state index contributed by atoms with van der Waals surface area (Å²) in [5.41, 5.74) is -1.50. The molecule has 2 fully saturated rings. The number of allylic oxidation sites excluding steroid dienone is 1. The van der Waals surface area contributed by atoms with Gasteiger partial charge in [-0.15, -0.1) is 0 Å². The van der Waals surface area contributed by atoms with Crippen LogP contribution in [-0.2, 0) is 25.2 Å². The van der Waals surface area contributed by atoms with Gasteiger partial charge in [-0.2, -0.15) is 0 Å². The van der Waals surface area contributed by atoms with Crippen molar-refractivity contribution in [3.05, 3.63) is 12.0 Å². The molecular weight excluding hydrogens is 448 g/mol. The van der Waals surface area contributed by atoms with Crippen molar-refractivity contribution < 1.29 is 27.8 Å². The summed E-state index contributed by atoms with van der Waals surface area (Å²) in [5, 5.41) is 21.2. The number of amides is 1. The number of carbonyl (C=O) groups excluding carboxylic acids is 1. The number of likely N-dealkylation sites (N-methyl/N-ethyl adjacent to an activating group) is 1. The second kappa shape index (κ2) is 11.7. The zero-order valence-corrected chi connectivity index (χ0v) is 21.3. The van der Waals surface area contributed by atoms with E-state index in [0.29, 0.717) is 32.5 Å². The maximum absolute atomic E-state index is 12.9. The van der Waals surface area contributed by atoms with Gasteiger partial charge in [0.1, 0.15) is 0 Å². The van der Waals surface area contributed by atoms with Crippen molar-refractivity contribution in [1.29, 1.82) is 5.41 Å². The van der Waals surface area contributed by atoms with Gasteiger partial charge >= 0.3 is 0 Å². The molecule has 2 saturated heterocycles.